The summed E-state index contributed by atoms with van der Waals surface area (Å²) >= 11 is 0. The highest BCUT2D eigenvalue weighted by molar-refractivity contribution is 7.47. The number of phosphoric acid groups is 2. The van der Waals surface area contributed by atoms with E-state index in [1.165, 1.54) is 218 Å². The second-order valence-corrected chi connectivity index (χ2v) is 33.9. The quantitative estimate of drug-likeness (QED) is 0.0222. The molecule has 0 aliphatic heterocycles. The van der Waals surface area contributed by atoms with E-state index in [0.717, 1.165) is 120 Å². The van der Waals surface area contributed by atoms with Crippen molar-refractivity contribution in [1.82, 2.24) is 0 Å². The molecule has 0 aromatic heterocycles. The van der Waals surface area contributed by atoms with Crippen LogP contribution < -0.4 is 0 Å². The topological polar surface area (TPSA) is 237 Å². The molecule has 0 fully saturated rings. The number of carbonyl (C=O) groups is 4. The first-order chi connectivity index (χ1) is 48.7. The molecule has 17 nitrogen and oxygen atoms in total. The third-order valence-electron chi connectivity index (χ3n) is 19.8. The molecule has 0 aromatic rings. The van der Waals surface area contributed by atoms with E-state index in [1.807, 2.05) is 0 Å². The van der Waals surface area contributed by atoms with Crippen LogP contribution in [0.5, 0.6) is 0 Å². The van der Waals surface area contributed by atoms with Crippen molar-refractivity contribution in [3.05, 3.63) is 0 Å². The number of aliphatic hydroxyl groups excluding tert-OH is 1. The molecular weight excluding hydrogens is 1320 g/mol. The molecule has 0 aliphatic rings. The van der Waals surface area contributed by atoms with E-state index >= 15 is 0 Å². The molecule has 19 heteroatoms. The Kier molecular flexibility index (Phi) is 69.6. The highest BCUT2D eigenvalue weighted by atomic mass is 31.2. The first-order valence-electron chi connectivity index (χ1n) is 42.3. The molecule has 0 amide bonds. The van der Waals surface area contributed by atoms with Gasteiger partial charge in [-0.05, 0) is 49.4 Å². The van der Waals surface area contributed by atoms with Gasteiger partial charge in [-0.15, -0.1) is 0 Å². The molecule has 101 heavy (non-hydrogen) atoms. The van der Waals surface area contributed by atoms with Crippen molar-refractivity contribution >= 4 is 39.5 Å². The molecule has 0 aliphatic carbocycles. The van der Waals surface area contributed by atoms with Gasteiger partial charge in [-0.2, -0.15) is 0 Å². The van der Waals surface area contributed by atoms with E-state index < -0.39 is 97.5 Å². The summed E-state index contributed by atoms with van der Waals surface area (Å²) in [6.07, 6.45) is 58.2. The summed E-state index contributed by atoms with van der Waals surface area (Å²) in [6.45, 7) is 14.3. The molecule has 4 unspecified atom stereocenters. The van der Waals surface area contributed by atoms with Gasteiger partial charge in [0.15, 0.2) is 12.2 Å². The molecule has 600 valence electrons. The fourth-order valence-electron chi connectivity index (χ4n) is 12.5. The smallest absolute Gasteiger partial charge is 0.462 e. The Morgan fingerprint density at radius 3 is 0.703 bits per heavy atom. The number of esters is 4. The number of ether oxygens (including phenoxy) is 4. The number of hydrogen-bond acceptors (Lipinski definition) is 15. The van der Waals surface area contributed by atoms with Crippen LogP contribution in [0.3, 0.4) is 0 Å². The minimum atomic E-state index is -4.96. The van der Waals surface area contributed by atoms with E-state index in [0.29, 0.717) is 25.7 Å². The van der Waals surface area contributed by atoms with E-state index in [2.05, 4.69) is 55.4 Å². The van der Waals surface area contributed by atoms with E-state index in [9.17, 15) is 43.2 Å². The van der Waals surface area contributed by atoms with Crippen molar-refractivity contribution in [3.8, 4) is 0 Å². The van der Waals surface area contributed by atoms with Crippen LogP contribution in [0.15, 0.2) is 0 Å². The minimum absolute atomic E-state index is 0.106. The molecule has 0 spiro atoms. The third kappa shape index (κ3) is 73.4. The number of hydrogen-bond donors (Lipinski definition) is 3. The molecule has 0 heterocycles. The standard InChI is InChI=1S/C82H160O17P2/c1-9-74(7)60-52-44-36-30-24-18-12-14-20-27-33-39-49-57-65-82(87)99-78(69-93-80(85)63-55-47-41-40-45-53-61-75(8)10-2)71-97-101(90,91)95-67-76(83)66-94-100(88,89)96-70-77(68-92-79(84)62-54-46-37-31-25-21-15-17-23-29-35-43-51-59-73(5)6)98-81(86)64-56-48-38-32-26-19-13-11-16-22-28-34-42-50-58-72(3)4/h72-78,83H,9-71H2,1-8H3,(H,88,89)(H,90,91)/t74?,75?,76-,77-,78-/m1/s1. The second kappa shape index (κ2) is 71.0. The van der Waals surface area contributed by atoms with Crippen molar-refractivity contribution in [2.45, 2.75) is 440 Å². The van der Waals surface area contributed by atoms with E-state index in [4.69, 9.17) is 37.0 Å². The zero-order valence-electron chi connectivity index (χ0n) is 66.5. The van der Waals surface area contributed by atoms with Crippen molar-refractivity contribution in [1.29, 1.82) is 0 Å². The fourth-order valence-corrected chi connectivity index (χ4v) is 14.1. The van der Waals surface area contributed by atoms with Gasteiger partial charge in [0.25, 0.3) is 0 Å². The molecule has 0 aromatic carbocycles. The minimum Gasteiger partial charge on any atom is -0.462 e. The maximum absolute atomic E-state index is 13.1. The van der Waals surface area contributed by atoms with Gasteiger partial charge < -0.3 is 33.8 Å². The lowest BCUT2D eigenvalue weighted by atomic mass is 9.99. The van der Waals surface area contributed by atoms with Gasteiger partial charge in [-0.3, -0.25) is 37.3 Å². The number of aliphatic hydroxyl groups is 1. The fraction of sp³-hybridized carbons (Fsp3) is 0.951. The SMILES string of the molecule is CCC(C)CCCCCCCCCCCCCCCCC(=O)O[C@H](COC(=O)CCCCCCCCC(C)CC)COP(=O)(O)OC[C@H](O)COP(=O)(O)OC[C@@H](COC(=O)CCCCCCCCCCCCCCCC(C)C)OC(=O)CCCCCCCCCCCCCCCCC(C)C. The molecule has 0 saturated heterocycles. The largest absolute Gasteiger partial charge is 0.472 e. The molecule has 0 radical (unpaired) electrons. The molecular formula is C82H160O17P2. The van der Waals surface area contributed by atoms with Crippen molar-refractivity contribution < 1.29 is 80.2 Å². The van der Waals surface area contributed by atoms with Gasteiger partial charge in [0.05, 0.1) is 26.4 Å². The summed E-state index contributed by atoms with van der Waals surface area (Å²) in [4.78, 5) is 73.1. The number of unbranched alkanes of at least 4 members (excludes halogenated alkanes) is 43. The van der Waals surface area contributed by atoms with Crippen molar-refractivity contribution in [2.24, 2.45) is 23.7 Å². The van der Waals surface area contributed by atoms with Crippen molar-refractivity contribution in [2.75, 3.05) is 39.6 Å². The lowest BCUT2D eigenvalue weighted by Crippen LogP contribution is -2.30. The van der Waals surface area contributed by atoms with Crippen LogP contribution in [-0.4, -0.2) is 96.7 Å². The van der Waals surface area contributed by atoms with Crippen LogP contribution in [0.2, 0.25) is 0 Å². The summed E-state index contributed by atoms with van der Waals surface area (Å²) < 4.78 is 68.8. The summed E-state index contributed by atoms with van der Waals surface area (Å²) in [5.74, 6) is 1.05. The predicted molar refractivity (Wildman–Crippen MR) is 414 cm³/mol. The second-order valence-electron chi connectivity index (χ2n) is 31.0. The van der Waals surface area contributed by atoms with Crippen LogP contribution in [-0.2, 0) is 65.4 Å². The molecule has 0 saturated carbocycles. The lowest BCUT2D eigenvalue weighted by Gasteiger charge is -2.21. The number of rotatable bonds is 79. The normalized spacial score (nSPS) is 14.5. The van der Waals surface area contributed by atoms with Gasteiger partial charge in [0.2, 0.25) is 0 Å². The van der Waals surface area contributed by atoms with Gasteiger partial charge in [-0.1, -0.05) is 370 Å². The molecule has 7 atom stereocenters. The van der Waals surface area contributed by atoms with Crippen LogP contribution in [0.1, 0.15) is 421 Å². The van der Waals surface area contributed by atoms with Crippen LogP contribution >= 0.6 is 15.6 Å². The summed E-state index contributed by atoms with van der Waals surface area (Å²) in [7, 11) is -9.92. The number of carbonyl (C=O) groups excluding carboxylic acids is 4. The van der Waals surface area contributed by atoms with Gasteiger partial charge in [-0.25, -0.2) is 9.13 Å². The van der Waals surface area contributed by atoms with Gasteiger partial charge in [0, 0.05) is 25.7 Å². The van der Waals surface area contributed by atoms with Gasteiger partial charge in [0.1, 0.15) is 19.3 Å². The molecule has 0 rings (SSSR count). The van der Waals surface area contributed by atoms with E-state index in [-0.39, 0.29) is 25.7 Å². The Hall–Kier alpha value is -1.94. The zero-order chi connectivity index (χ0) is 74.6. The van der Waals surface area contributed by atoms with Crippen LogP contribution in [0, 0.1) is 23.7 Å². The zero-order valence-corrected chi connectivity index (χ0v) is 68.3. The van der Waals surface area contributed by atoms with E-state index in [1.54, 1.807) is 0 Å². The van der Waals surface area contributed by atoms with Crippen LogP contribution in [0.25, 0.3) is 0 Å². The first kappa shape index (κ1) is 99.1. The highest BCUT2D eigenvalue weighted by Gasteiger charge is 2.30. The Labute approximate surface area is 619 Å². The average molecular weight is 1480 g/mol. The average Bonchev–Trinajstić information content (AvgIpc) is 0.942. The maximum Gasteiger partial charge on any atom is 0.472 e. The predicted octanol–water partition coefficient (Wildman–Crippen LogP) is 24.4. The monoisotopic (exact) mass is 1480 g/mol. The van der Waals surface area contributed by atoms with Crippen LogP contribution in [0.4, 0.5) is 0 Å². The highest BCUT2D eigenvalue weighted by Crippen LogP contribution is 2.45. The first-order valence-corrected chi connectivity index (χ1v) is 45.3. The maximum atomic E-state index is 13.1. The Bertz CT molecular complexity index is 1980. The molecule has 0 bridgehead atoms. The third-order valence-corrected chi connectivity index (χ3v) is 21.7. The number of phosphoric ester groups is 2. The Morgan fingerprint density at radius 2 is 0.475 bits per heavy atom. The summed E-state index contributed by atoms with van der Waals surface area (Å²) in [5.41, 5.74) is 0. The Balaban J connectivity index is 5.25. The van der Waals surface area contributed by atoms with Crippen molar-refractivity contribution in [3.63, 3.8) is 0 Å². The lowest BCUT2D eigenvalue weighted by molar-refractivity contribution is -0.161. The summed E-state index contributed by atoms with van der Waals surface area (Å²) in [5, 5.41) is 10.7. The molecule has 3 N–H and O–H groups in total. The Morgan fingerprint density at radius 1 is 0.277 bits per heavy atom. The van der Waals surface area contributed by atoms with Gasteiger partial charge >= 0.3 is 39.5 Å². The summed E-state index contributed by atoms with van der Waals surface area (Å²) in [6, 6.07) is 0.